The van der Waals surface area contributed by atoms with Crippen molar-refractivity contribution in [2.24, 2.45) is 5.84 Å². The molecule has 3 N–H and O–H groups in total. The monoisotopic (exact) mass is 364 g/mol. The molecule has 0 aliphatic rings. The van der Waals surface area contributed by atoms with Gasteiger partial charge in [0.25, 0.3) is 21.6 Å². The van der Waals surface area contributed by atoms with Gasteiger partial charge in [-0.25, -0.2) is 14.3 Å². The fraction of sp³-hybridized carbons (Fsp3) is 0.133. The summed E-state index contributed by atoms with van der Waals surface area (Å²) in [4.78, 5) is 21.6. The summed E-state index contributed by atoms with van der Waals surface area (Å²) in [6.45, 7) is 1.20. The van der Waals surface area contributed by atoms with E-state index < -0.39 is 27.4 Å². The van der Waals surface area contributed by atoms with Crippen molar-refractivity contribution in [1.82, 2.24) is 5.43 Å². The van der Waals surface area contributed by atoms with Crippen LogP contribution in [0.1, 0.15) is 5.56 Å². The van der Waals surface area contributed by atoms with Gasteiger partial charge in [-0.15, -0.1) is 0 Å². The predicted molar refractivity (Wildman–Crippen MR) is 91.1 cm³/mol. The maximum atomic E-state index is 13.0. The molecule has 0 unspecified atom stereocenters. The number of hydrogen-bond donors (Lipinski definition) is 2. The standard InChI is InChI=1S/C15H16N4O5S/c1-11-4-2-5-12(8-11)18(10-15(20)17-16)25(23,24)14-7-3-6-13(9-14)19(21)22/h2-9H,10,16H2,1H3,(H,17,20). The Morgan fingerprint density at radius 2 is 1.92 bits per heavy atom. The first-order valence-corrected chi connectivity index (χ1v) is 8.53. The van der Waals surface area contributed by atoms with Crippen molar-refractivity contribution >= 4 is 27.3 Å². The van der Waals surface area contributed by atoms with Gasteiger partial charge in [0.05, 0.1) is 15.5 Å². The summed E-state index contributed by atoms with van der Waals surface area (Å²) in [7, 11) is -4.22. The smallest absolute Gasteiger partial charge is 0.270 e. The molecule has 9 nitrogen and oxygen atoms in total. The molecule has 0 fully saturated rings. The largest absolute Gasteiger partial charge is 0.293 e. The fourth-order valence-corrected chi connectivity index (χ4v) is 3.61. The molecule has 0 saturated carbocycles. The summed E-state index contributed by atoms with van der Waals surface area (Å²) in [5.74, 6) is 4.34. The number of amides is 1. The number of carbonyl (C=O) groups is 1. The number of benzene rings is 2. The number of nitrogens with one attached hydrogen (secondary N) is 1. The van der Waals surface area contributed by atoms with Crippen molar-refractivity contribution in [1.29, 1.82) is 0 Å². The third kappa shape index (κ3) is 4.11. The van der Waals surface area contributed by atoms with Crippen LogP contribution in [0.5, 0.6) is 0 Å². The number of carbonyl (C=O) groups excluding carboxylic acids is 1. The number of nitrogens with two attached hydrogens (primary N) is 1. The summed E-state index contributed by atoms with van der Waals surface area (Å²) in [5, 5.41) is 10.9. The minimum absolute atomic E-state index is 0.245. The Morgan fingerprint density at radius 1 is 1.24 bits per heavy atom. The molecule has 0 aliphatic heterocycles. The van der Waals surface area contributed by atoms with Crippen LogP contribution < -0.4 is 15.6 Å². The van der Waals surface area contributed by atoms with Crippen molar-refractivity contribution in [2.45, 2.75) is 11.8 Å². The molecular formula is C15H16N4O5S. The first-order chi connectivity index (χ1) is 11.8. The van der Waals surface area contributed by atoms with Crippen molar-refractivity contribution < 1.29 is 18.1 Å². The van der Waals surface area contributed by atoms with Gasteiger partial charge in [-0.05, 0) is 30.7 Å². The van der Waals surface area contributed by atoms with E-state index in [-0.39, 0.29) is 16.3 Å². The second kappa shape index (κ2) is 7.28. The average molecular weight is 364 g/mol. The molecule has 0 atom stereocenters. The number of nitrogens with zero attached hydrogens (tertiary/aromatic N) is 2. The lowest BCUT2D eigenvalue weighted by atomic mass is 10.2. The highest BCUT2D eigenvalue weighted by Gasteiger charge is 2.28. The van der Waals surface area contributed by atoms with Crippen LogP contribution in [0.4, 0.5) is 11.4 Å². The van der Waals surface area contributed by atoms with Crippen LogP contribution >= 0.6 is 0 Å². The number of rotatable bonds is 6. The first-order valence-electron chi connectivity index (χ1n) is 7.09. The van der Waals surface area contributed by atoms with E-state index in [1.165, 1.54) is 24.3 Å². The second-order valence-electron chi connectivity index (χ2n) is 5.17. The Labute approximate surface area is 144 Å². The Kier molecular flexibility index (Phi) is 5.35. The average Bonchev–Trinajstić information content (AvgIpc) is 2.59. The van der Waals surface area contributed by atoms with Gasteiger partial charge in [0, 0.05) is 12.1 Å². The Hall–Kier alpha value is -2.98. The van der Waals surface area contributed by atoms with Gasteiger partial charge in [-0.2, -0.15) is 0 Å². The normalized spacial score (nSPS) is 11.0. The predicted octanol–water partition coefficient (Wildman–Crippen LogP) is 1.09. The fourth-order valence-electron chi connectivity index (χ4n) is 2.16. The molecule has 0 bridgehead atoms. The summed E-state index contributed by atoms with van der Waals surface area (Å²) in [6, 6.07) is 11.1. The molecule has 0 saturated heterocycles. The van der Waals surface area contributed by atoms with E-state index >= 15 is 0 Å². The molecule has 0 spiro atoms. The van der Waals surface area contributed by atoms with E-state index in [1.807, 2.05) is 5.43 Å². The lowest BCUT2D eigenvalue weighted by Crippen LogP contribution is -2.43. The quantitative estimate of drug-likeness (QED) is 0.341. The summed E-state index contributed by atoms with van der Waals surface area (Å²) >= 11 is 0. The number of sulfonamides is 1. The van der Waals surface area contributed by atoms with Crippen LogP contribution in [0.3, 0.4) is 0 Å². The van der Waals surface area contributed by atoms with Gasteiger partial charge in [0.2, 0.25) is 0 Å². The highest BCUT2D eigenvalue weighted by atomic mass is 32.2. The minimum Gasteiger partial charge on any atom is -0.293 e. The number of nitro benzene ring substituents is 1. The number of non-ortho nitro benzene ring substituents is 1. The van der Waals surface area contributed by atoms with Crippen molar-refractivity contribution in [3.63, 3.8) is 0 Å². The third-order valence-electron chi connectivity index (χ3n) is 3.35. The number of anilines is 1. The van der Waals surface area contributed by atoms with Gasteiger partial charge in [0.15, 0.2) is 0 Å². The van der Waals surface area contributed by atoms with Gasteiger partial charge in [-0.3, -0.25) is 24.6 Å². The van der Waals surface area contributed by atoms with Crippen LogP contribution in [0.2, 0.25) is 0 Å². The molecule has 10 heteroatoms. The zero-order valence-corrected chi connectivity index (χ0v) is 14.1. The van der Waals surface area contributed by atoms with E-state index in [1.54, 1.807) is 25.1 Å². The molecule has 2 rings (SSSR count). The second-order valence-corrected chi connectivity index (χ2v) is 7.03. The molecular weight excluding hydrogens is 348 g/mol. The molecule has 0 aromatic heterocycles. The molecule has 0 aliphatic carbocycles. The van der Waals surface area contributed by atoms with E-state index in [2.05, 4.69) is 0 Å². The van der Waals surface area contributed by atoms with Gasteiger partial charge in [0.1, 0.15) is 6.54 Å². The Bertz CT molecular complexity index is 914. The number of nitro groups is 1. The molecule has 2 aromatic rings. The van der Waals surface area contributed by atoms with Gasteiger partial charge >= 0.3 is 0 Å². The zero-order chi connectivity index (χ0) is 18.6. The SMILES string of the molecule is Cc1cccc(N(CC(=O)NN)S(=O)(=O)c2cccc([N+](=O)[O-])c2)c1. The molecule has 132 valence electrons. The summed E-state index contributed by atoms with van der Waals surface area (Å²) in [5.41, 5.74) is 2.54. The molecule has 0 heterocycles. The van der Waals surface area contributed by atoms with Crippen LogP contribution in [0.25, 0.3) is 0 Å². The van der Waals surface area contributed by atoms with Crippen LogP contribution in [0.15, 0.2) is 53.4 Å². The van der Waals surface area contributed by atoms with Crippen LogP contribution in [-0.4, -0.2) is 25.8 Å². The van der Waals surface area contributed by atoms with Crippen molar-refractivity contribution in [3.8, 4) is 0 Å². The zero-order valence-electron chi connectivity index (χ0n) is 13.2. The number of hydrogen-bond acceptors (Lipinski definition) is 6. The maximum Gasteiger partial charge on any atom is 0.270 e. The van der Waals surface area contributed by atoms with Gasteiger partial charge in [-0.1, -0.05) is 18.2 Å². The summed E-state index contributed by atoms with van der Waals surface area (Å²) < 4.78 is 26.8. The van der Waals surface area contributed by atoms with Crippen molar-refractivity contribution in [3.05, 3.63) is 64.2 Å². The summed E-state index contributed by atoms with van der Waals surface area (Å²) in [6.07, 6.45) is 0. The Balaban J connectivity index is 2.57. The first kappa shape index (κ1) is 18.4. The van der Waals surface area contributed by atoms with E-state index in [0.29, 0.717) is 0 Å². The number of aryl methyl sites for hydroxylation is 1. The third-order valence-corrected chi connectivity index (χ3v) is 5.12. The van der Waals surface area contributed by atoms with E-state index in [9.17, 15) is 23.3 Å². The lowest BCUT2D eigenvalue weighted by molar-refractivity contribution is -0.385. The van der Waals surface area contributed by atoms with E-state index in [4.69, 9.17) is 5.84 Å². The topological polar surface area (TPSA) is 136 Å². The maximum absolute atomic E-state index is 13.0. The van der Waals surface area contributed by atoms with Crippen molar-refractivity contribution in [2.75, 3.05) is 10.8 Å². The molecule has 1 amide bonds. The molecule has 25 heavy (non-hydrogen) atoms. The highest BCUT2D eigenvalue weighted by Crippen LogP contribution is 2.26. The van der Waals surface area contributed by atoms with Crippen LogP contribution in [0, 0.1) is 17.0 Å². The lowest BCUT2D eigenvalue weighted by Gasteiger charge is -2.24. The minimum atomic E-state index is -4.22. The molecule has 0 radical (unpaired) electrons. The van der Waals surface area contributed by atoms with E-state index in [0.717, 1.165) is 15.9 Å². The number of hydrazine groups is 1. The van der Waals surface area contributed by atoms with Crippen LogP contribution in [-0.2, 0) is 14.8 Å². The highest BCUT2D eigenvalue weighted by molar-refractivity contribution is 7.92. The van der Waals surface area contributed by atoms with Gasteiger partial charge < -0.3 is 0 Å². The Morgan fingerprint density at radius 3 is 2.52 bits per heavy atom. The molecule has 2 aromatic carbocycles.